The van der Waals surface area contributed by atoms with E-state index in [1.54, 1.807) is 11.3 Å². The molecule has 2 fully saturated rings. The number of carbonyl (C=O) groups excluding carboxylic acids is 1. The van der Waals surface area contributed by atoms with Crippen molar-refractivity contribution >= 4 is 50.6 Å². The lowest BCUT2D eigenvalue weighted by Gasteiger charge is -2.27. The summed E-state index contributed by atoms with van der Waals surface area (Å²) in [6.45, 7) is 2.13. The van der Waals surface area contributed by atoms with Gasteiger partial charge in [0.25, 0.3) is 0 Å². The van der Waals surface area contributed by atoms with Gasteiger partial charge < -0.3 is 26.2 Å². The van der Waals surface area contributed by atoms with E-state index in [1.165, 1.54) is 12.1 Å². The number of fused-ring (bicyclic) bond motifs is 3. The van der Waals surface area contributed by atoms with Crippen molar-refractivity contribution in [3.05, 3.63) is 47.9 Å². The van der Waals surface area contributed by atoms with Gasteiger partial charge in [0, 0.05) is 36.5 Å². The second-order valence-electron chi connectivity index (χ2n) is 10.1. The molecule has 3 unspecified atom stereocenters. The predicted octanol–water partition coefficient (Wildman–Crippen LogP) is 3.66. The van der Waals surface area contributed by atoms with Crippen LogP contribution in [-0.2, 0) is 4.79 Å². The maximum atomic E-state index is 12.2. The molecular weight excluding hydrogens is 458 g/mol. The van der Waals surface area contributed by atoms with E-state index in [-0.39, 0.29) is 23.8 Å². The fourth-order valence-corrected chi connectivity index (χ4v) is 6.65. The van der Waals surface area contributed by atoms with Crippen LogP contribution in [0.25, 0.3) is 10.2 Å². The number of thiophene rings is 1. The Kier molecular flexibility index (Phi) is 5.61. The molecule has 2 bridgehead atoms. The molecule has 3 aliphatic rings. The fraction of sp³-hybridized carbons (Fsp3) is 0.423. The third-order valence-electron chi connectivity index (χ3n) is 7.78. The van der Waals surface area contributed by atoms with Crippen LogP contribution in [-0.4, -0.2) is 60.0 Å². The average molecular weight is 490 g/mol. The van der Waals surface area contributed by atoms with Crippen molar-refractivity contribution in [2.45, 2.75) is 24.9 Å². The second kappa shape index (κ2) is 8.80. The van der Waals surface area contributed by atoms with Gasteiger partial charge in [-0.05, 0) is 74.5 Å². The van der Waals surface area contributed by atoms with Crippen LogP contribution in [0.1, 0.15) is 12.8 Å². The summed E-state index contributed by atoms with van der Waals surface area (Å²) in [6.07, 6.45) is 6.49. The van der Waals surface area contributed by atoms with Gasteiger partial charge in [-0.25, -0.2) is 4.98 Å². The minimum Gasteiger partial charge on any atom is -0.370 e. The number of primary amides is 1. The van der Waals surface area contributed by atoms with E-state index in [1.807, 2.05) is 11.4 Å². The molecule has 5 atom stereocenters. The monoisotopic (exact) mass is 489 g/mol. The molecule has 4 N–H and O–H groups in total. The van der Waals surface area contributed by atoms with E-state index in [9.17, 15) is 4.79 Å². The lowest BCUT2D eigenvalue weighted by atomic mass is 9.88. The lowest BCUT2D eigenvalue weighted by molar-refractivity contribution is -0.122. The van der Waals surface area contributed by atoms with Crippen LogP contribution in [0.4, 0.5) is 23.1 Å². The number of anilines is 4. The lowest BCUT2D eigenvalue weighted by Crippen LogP contribution is -2.41. The Balaban J connectivity index is 1.22. The molecule has 35 heavy (non-hydrogen) atoms. The standard InChI is InChI=1S/C26H31N7OS/c1-32(2)19-9-11-33(14-19)18-7-5-17(6-8-18)28-26-29-20-10-12-35-23(20)25(31-26)30-22-16-4-3-15(13-16)21(22)24(27)34/h3-8,10,12,15-16,19,21-22H,9,11,13-14H2,1-2H3,(H2,27,34)(H2,28,29,30,31)/t15?,16?,19?,21-,22+/m0/s1. The van der Waals surface area contributed by atoms with Crippen LogP contribution in [0.2, 0.25) is 0 Å². The number of nitrogens with one attached hydrogen (secondary N) is 2. The van der Waals surface area contributed by atoms with Gasteiger partial charge in [0.1, 0.15) is 5.82 Å². The number of benzene rings is 1. The molecule has 1 aromatic carbocycles. The molecule has 0 radical (unpaired) electrons. The Labute approximate surface area is 209 Å². The minimum atomic E-state index is -0.246. The Bertz CT molecular complexity index is 1270. The normalized spacial score (nSPS) is 27.3. The number of allylic oxidation sites excluding steroid dienone is 1. The van der Waals surface area contributed by atoms with Crippen LogP contribution in [0.5, 0.6) is 0 Å². The summed E-state index contributed by atoms with van der Waals surface area (Å²) >= 11 is 1.60. The third-order valence-corrected chi connectivity index (χ3v) is 8.69. The Hall–Kier alpha value is -3.17. The molecule has 1 saturated heterocycles. The number of nitrogens with zero attached hydrogens (tertiary/aromatic N) is 4. The number of hydrogen-bond donors (Lipinski definition) is 3. The van der Waals surface area contributed by atoms with Gasteiger partial charge in [-0.1, -0.05) is 12.2 Å². The summed E-state index contributed by atoms with van der Waals surface area (Å²) in [6, 6.07) is 11.0. The predicted molar refractivity (Wildman–Crippen MR) is 142 cm³/mol. The molecule has 0 spiro atoms. The summed E-state index contributed by atoms with van der Waals surface area (Å²) in [5.41, 5.74) is 8.83. The van der Waals surface area contributed by atoms with Crippen LogP contribution < -0.4 is 21.3 Å². The van der Waals surface area contributed by atoms with Gasteiger partial charge in [-0.3, -0.25) is 4.79 Å². The Morgan fingerprint density at radius 3 is 2.69 bits per heavy atom. The summed E-state index contributed by atoms with van der Waals surface area (Å²) in [5.74, 6) is 1.35. The number of likely N-dealkylation sites (N-methyl/N-ethyl adjacent to an activating group) is 1. The van der Waals surface area contributed by atoms with Gasteiger partial charge in [0.05, 0.1) is 16.1 Å². The minimum absolute atomic E-state index is 0.0405. The van der Waals surface area contributed by atoms with Crippen molar-refractivity contribution in [2.24, 2.45) is 23.5 Å². The number of carbonyl (C=O) groups is 1. The first-order valence-electron chi connectivity index (χ1n) is 12.2. The molecule has 182 valence electrons. The summed E-state index contributed by atoms with van der Waals surface area (Å²) in [5, 5.41) is 8.97. The fourth-order valence-electron chi connectivity index (χ4n) is 5.86. The van der Waals surface area contributed by atoms with Crippen LogP contribution in [0.15, 0.2) is 47.9 Å². The largest absolute Gasteiger partial charge is 0.370 e. The zero-order valence-electron chi connectivity index (χ0n) is 20.0. The van der Waals surface area contributed by atoms with Gasteiger partial charge in [0.2, 0.25) is 11.9 Å². The maximum Gasteiger partial charge on any atom is 0.229 e. The number of nitrogens with two attached hydrogens (primary N) is 1. The molecule has 8 nitrogen and oxygen atoms in total. The van der Waals surface area contributed by atoms with Crippen molar-refractivity contribution in [1.82, 2.24) is 14.9 Å². The van der Waals surface area contributed by atoms with Crippen molar-refractivity contribution in [1.29, 1.82) is 0 Å². The first-order valence-corrected chi connectivity index (χ1v) is 13.1. The van der Waals surface area contributed by atoms with Crippen molar-refractivity contribution in [3.8, 4) is 0 Å². The third kappa shape index (κ3) is 4.12. The number of aromatic nitrogens is 2. The highest BCUT2D eigenvalue weighted by Gasteiger charge is 2.47. The highest BCUT2D eigenvalue weighted by Crippen LogP contribution is 2.45. The first kappa shape index (κ1) is 22.3. The summed E-state index contributed by atoms with van der Waals surface area (Å²) < 4.78 is 0.991. The number of amides is 1. The molecule has 3 heterocycles. The Morgan fingerprint density at radius 1 is 1.14 bits per heavy atom. The molecule has 1 amide bonds. The van der Waals surface area contributed by atoms with Gasteiger partial charge in [-0.2, -0.15) is 4.98 Å². The second-order valence-corrected chi connectivity index (χ2v) is 11.0. The highest BCUT2D eigenvalue weighted by molar-refractivity contribution is 7.17. The molecule has 6 rings (SSSR count). The first-order chi connectivity index (χ1) is 17.0. The molecule has 2 aromatic heterocycles. The number of rotatable bonds is 7. The summed E-state index contributed by atoms with van der Waals surface area (Å²) in [4.78, 5) is 26.5. The SMILES string of the molecule is CN(C)C1CCN(c2ccc(Nc3nc(N[C@@H]4C5C=CC(C5)[C@@H]4C(N)=O)c4sccc4n3)cc2)C1. The van der Waals surface area contributed by atoms with Crippen LogP contribution in [0, 0.1) is 17.8 Å². The average Bonchev–Trinajstić information content (AvgIpc) is 3.63. The zero-order valence-corrected chi connectivity index (χ0v) is 20.8. The van der Waals surface area contributed by atoms with E-state index in [0.29, 0.717) is 17.9 Å². The quantitative estimate of drug-likeness (QED) is 0.436. The molecule has 1 saturated carbocycles. The van der Waals surface area contributed by atoms with E-state index < -0.39 is 0 Å². The molecule has 2 aliphatic carbocycles. The van der Waals surface area contributed by atoms with E-state index >= 15 is 0 Å². The maximum absolute atomic E-state index is 12.2. The van der Waals surface area contributed by atoms with Crippen molar-refractivity contribution in [3.63, 3.8) is 0 Å². The summed E-state index contributed by atoms with van der Waals surface area (Å²) in [7, 11) is 4.30. The molecular formula is C26H31N7OS. The zero-order chi connectivity index (χ0) is 24.1. The van der Waals surface area contributed by atoms with E-state index in [2.05, 4.69) is 70.9 Å². The van der Waals surface area contributed by atoms with Gasteiger partial charge >= 0.3 is 0 Å². The van der Waals surface area contributed by atoms with Crippen molar-refractivity contribution in [2.75, 3.05) is 42.7 Å². The van der Waals surface area contributed by atoms with Gasteiger partial charge in [-0.15, -0.1) is 11.3 Å². The molecule has 9 heteroatoms. The van der Waals surface area contributed by atoms with Crippen molar-refractivity contribution < 1.29 is 4.79 Å². The topological polar surface area (TPSA) is 99.4 Å². The van der Waals surface area contributed by atoms with Crippen LogP contribution >= 0.6 is 11.3 Å². The van der Waals surface area contributed by atoms with Crippen LogP contribution in [0.3, 0.4) is 0 Å². The molecule has 3 aromatic rings. The highest BCUT2D eigenvalue weighted by atomic mass is 32.1. The van der Waals surface area contributed by atoms with E-state index in [4.69, 9.17) is 15.7 Å². The molecule has 1 aliphatic heterocycles. The Morgan fingerprint density at radius 2 is 1.94 bits per heavy atom. The number of hydrogen-bond acceptors (Lipinski definition) is 8. The smallest absolute Gasteiger partial charge is 0.229 e. The van der Waals surface area contributed by atoms with Gasteiger partial charge in [0.15, 0.2) is 0 Å². The van der Waals surface area contributed by atoms with E-state index in [0.717, 1.165) is 41.2 Å².